The van der Waals surface area contributed by atoms with Gasteiger partial charge in [0.1, 0.15) is 5.82 Å². The van der Waals surface area contributed by atoms with E-state index < -0.39 is 0 Å². The smallest absolute Gasteiger partial charge is 0.175 e. The van der Waals surface area contributed by atoms with E-state index in [-0.39, 0.29) is 5.82 Å². The van der Waals surface area contributed by atoms with Crippen molar-refractivity contribution < 1.29 is 4.39 Å². The number of rotatable bonds is 2. The topological polar surface area (TPSA) is 24.1 Å². The SMILES string of the molecule is Fc1ccc(NC(=S)Nc2ccccc2I)cc1. The van der Waals surface area contributed by atoms with Gasteiger partial charge in [-0.3, -0.25) is 0 Å². The first kappa shape index (κ1) is 13.2. The number of hydrogen-bond acceptors (Lipinski definition) is 1. The van der Waals surface area contributed by atoms with E-state index in [0.29, 0.717) is 5.11 Å². The molecule has 18 heavy (non-hydrogen) atoms. The molecule has 92 valence electrons. The third-order valence-corrected chi connectivity index (χ3v) is 3.37. The molecule has 0 unspecified atom stereocenters. The fraction of sp³-hybridized carbons (Fsp3) is 0. The van der Waals surface area contributed by atoms with Crippen LogP contribution >= 0.6 is 34.8 Å². The maximum atomic E-state index is 12.7. The lowest BCUT2D eigenvalue weighted by atomic mass is 10.3. The average Bonchev–Trinajstić information content (AvgIpc) is 2.35. The van der Waals surface area contributed by atoms with Crippen molar-refractivity contribution >= 4 is 51.3 Å². The molecule has 0 saturated heterocycles. The summed E-state index contributed by atoms with van der Waals surface area (Å²) < 4.78 is 13.8. The molecule has 0 amide bonds. The van der Waals surface area contributed by atoms with Gasteiger partial charge in [-0.15, -0.1) is 0 Å². The van der Waals surface area contributed by atoms with Crippen molar-refractivity contribution in [1.82, 2.24) is 0 Å². The molecule has 2 nitrogen and oxygen atoms in total. The van der Waals surface area contributed by atoms with Crippen molar-refractivity contribution in [3.63, 3.8) is 0 Å². The fourth-order valence-corrected chi connectivity index (χ4v) is 2.13. The van der Waals surface area contributed by atoms with E-state index in [0.717, 1.165) is 14.9 Å². The van der Waals surface area contributed by atoms with Crippen LogP contribution in [-0.2, 0) is 0 Å². The summed E-state index contributed by atoms with van der Waals surface area (Å²) in [6, 6.07) is 13.9. The highest BCUT2D eigenvalue weighted by Gasteiger charge is 2.01. The van der Waals surface area contributed by atoms with Crippen molar-refractivity contribution in [2.24, 2.45) is 0 Å². The van der Waals surface area contributed by atoms with E-state index in [4.69, 9.17) is 12.2 Å². The summed E-state index contributed by atoms with van der Waals surface area (Å²) >= 11 is 7.42. The van der Waals surface area contributed by atoms with E-state index in [1.54, 1.807) is 12.1 Å². The minimum atomic E-state index is -0.267. The zero-order valence-corrected chi connectivity index (χ0v) is 12.3. The first-order chi connectivity index (χ1) is 8.65. The Kier molecular flexibility index (Phi) is 4.48. The van der Waals surface area contributed by atoms with Crippen molar-refractivity contribution in [3.8, 4) is 0 Å². The van der Waals surface area contributed by atoms with Crippen molar-refractivity contribution in [1.29, 1.82) is 0 Å². The highest BCUT2D eigenvalue weighted by molar-refractivity contribution is 14.1. The fourth-order valence-electron chi connectivity index (χ4n) is 1.38. The second-order valence-electron chi connectivity index (χ2n) is 3.57. The van der Waals surface area contributed by atoms with Crippen LogP contribution in [0.25, 0.3) is 0 Å². The Morgan fingerprint density at radius 1 is 1.00 bits per heavy atom. The molecule has 0 heterocycles. The van der Waals surface area contributed by atoms with Crippen LogP contribution in [0.4, 0.5) is 15.8 Å². The van der Waals surface area contributed by atoms with Crippen LogP contribution in [0.5, 0.6) is 0 Å². The van der Waals surface area contributed by atoms with E-state index in [2.05, 4.69) is 33.2 Å². The van der Waals surface area contributed by atoms with Gasteiger partial charge in [0.15, 0.2) is 5.11 Å². The second-order valence-corrected chi connectivity index (χ2v) is 5.14. The molecule has 5 heteroatoms. The predicted molar refractivity (Wildman–Crippen MR) is 85.4 cm³/mol. The summed E-state index contributed by atoms with van der Waals surface area (Å²) in [7, 11) is 0. The lowest BCUT2D eigenvalue weighted by molar-refractivity contribution is 0.628. The number of para-hydroxylation sites is 1. The van der Waals surface area contributed by atoms with Crippen LogP contribution < -0.4 is 10.6 Å². The van der Waals surface area contributed by atoms with Crippen LogP contribution in [0, 0.1) is 9.39 Å². The highest BCUT2D eigenvalue weighted by atomic mass is 127. The number of benzene rings is 2. The first-order valence-corrected chi connectivity index (χ1v) is 6.72. The first-order valence-electron chi connectivity index (χ1n) is 5.23. The number of anilines is 2. The number of hydrogen-bond donors (Lipinski definition) is 2. The quantitative estimate of drug-likeness (QED) is 0.609. The van der Waals surface area contributed by atoms with Crippen LogP contribution in [0.3, 0.4) is 0 Å². The van der Waals surface area contributed by atoms with Crippen LogP contribution in [0.1, 0.15) is 0 Å². The van der Waals surface area contributed by atoms with Crippen LogP contribution in [-0.4, -0.2) is 5.11 Å². The number of nitrogens with one attached hydrogen (secondary N) is 2. The molecule has 0 spiro atoms. The summed E-state index contributed by atoms with van der Waals surface area (Å²) in [5.74, 6) is -0.267. The van der Waals surface area contributed by atoms with Gasteiger partial charge in [-0.25, -0.2) is 4.39 Å². The molecule has 0 aliphatic rings. The molecule has 2 aromatic carbocycles. The Bertz CT molecular complexity index is 557. The average molecular weight is 372 g/mol. The lowest BCUT2D eigenvalue weighted by Gasteiger charge is -2.11. The summed E-state index contributed by atoms with van der Waals surface area (Å²) in [5, 5.41) is 6.57. The standard InChI is InChI=1S/C13H10FIN2S/c14-9-5-7-10(8-6-9)16-13(18)17-12-4-2-1-3-11(12)15/h1-8H,(H2,16,17,18). The Hall–Kier alpha value is -1.21. The zero-order chi connectivity index (χ0) is 13.0. The largest absolute Gasteiger partial charge is 0.332 e. The van der Waals surface area contributed by atoms with Crippen molar-refractivity contribution in [3.05, 3.63) is 57.9 Å². The molecular weight excluding hydrogens is 362 g/mol. The van der Waals surface area contributed by atoms with Gasteiger partial charge in [0.25, 0.3) is 0 Å². The molecule has 2 N–H and O–H groups in total. The van der Waals surface area contributed by atoms with Gasteiger partial charge in [0.05, 0.1) is 5.69 Å². The van der Waals surface area contributed by atoms with E-state index in [1.165, 1.54) is 12.1 Å². The Morgan fingerprint density at radius 3 is 2.33 bits per heavy atom. The minimum Gasteiger partial charge on any atom is -0.332 e. The van der Waals surface area contributed by atoms with Gasteiger partial charge in [-0.1, -0.05) is 12.1 Å². The molecule has 0 aromatic heterocycles. The lowest BCUT2D eigenvalue weighted by Crippen LogP contribution is -2.19. The van der Waals surface area contributed by atoms with Gasteiger partial charge in [0.2, 0.25) is 0 Å². The van der Waals surface area contributed by atoms with E-state index >= 15 is 0 Å². The Labute approximate surface area is 124 Å². The molecule has 0 aliphatic heterocycles. The number of thiocarbonyl (C=S) groups is 1. The molecule has 0 atom stereocenters. The van der Waals surface area contributed by atoms with E-state index in [9.17, 15) is 4.39 Å². The van der Waals surface area contributed by atoms with Gasteiger partial charge in [-0.05, 0) is 71.2 Å². The highest BCUT2D eigenvalue weighted by Crippen LogP contribution is 2.17. The second kappa shape index (κ2) is 6.10. The van der Waals surface area contributed by atoms with Gasteiger partial charge in [-0.2, -0.15) is 0 Å². The molecule has 0 radical (unpaired) electrons. The molecule has 0 fully saturated rings. The maximum Gasteiger partial charge on any atom is 0.175 e. The monoisotopic (exact) mass is 372 g/mol. The summed E-state index contributed by atoms with van der Waals surface area (Å²) in [4.78, 5) is 0. The minimum absolute atomic E-state index is 0.267. The molecular formula is C13H10FIN2S. The van der Waals surface area contributed by atoms with Crippen LogP contribution in [0.2, 0.25) is 0 Å². The van der Waals surface area contributed by atoms with Crippen molar-refractivity contribution in [2.75, 3.05) is 10.6 Å². The summed E-state index contributed by atoms with van der Waals surface area (Å²) in [6.45, 7) is 0. The third-order valence-electron chi connectivity index (χ3n) is 2.22. The summed E-state index contributed by atoms with van der Waals surface area (Å²) in [5.41, 5.74) is 1.69. The van der Waals surface area contributed by atoms with Gasteiger partial charge in [0, 0.05) is 9.26 Å². The van der Waals surface area contributed by atoms with Crippen LogP contribution in [0.15, 0.2) is 48.5 Å². The molecule has 0 aliphatic carbocycles. The van der Waals surface area contributed by atoms with Gasteiger partial charge >= 0.3 is 0 Å². The normalized spacial score (nSPS) is 9.89. The zero-order valence-electron chi connectivity index (χ0n) is 9.28. The molecule has 2 rings (SSSR count). The molecule has 0 saturated carbocycles. The Morgan fingerprint density at radius 2 is 1.67 bits per heavy atom. The molecule has 0 bridgehead atoms. The van der Waals surface area contributed by atoms with E-state index in [1.807, 2.05) is 24.3 Å². The molecule has 2 aromatic rings. The number of halogens is 2. The third kappa shape index (κ3) is 3.64. The summed E-state index contributed by atoms with van der Waals surface area (Å²) in [6.07, 6.45) is 0. The predicted octanol–water partition coefficient (Wildman–Crippen LogP) is 4.24. The Balaban J connectivity index is 2.01. The maximum absolute atomic E-state index is 12.7. The van der Waals surface area contributed by atoms with Gasteiger partial charge < -0.3 is 10.6 Å². The van der Waals surface area contributed by atoms with Crippen molar-refractivity contribution in [2.45, 2.75) is 0 Å².